The van der Waals surface area contributed by atoms with Crippen LogP contribution in [-0.2, 0) is 0 Å². The van der Waals surface area contributed by atoms with E-state index in [1.165, 1.54) is 25.7 Å². The van der Waals surface area contributed by atoms with Crippen LogP contribution in [0.15, 0.2) is 0 Å². The molecule has 0 radical (unpaired) electrons. The van der Waals surface area contributed by atoms with Crippen molar-refractivity contribution in [1.82, 2.24) is 5.32 Å². The molecule has 0 aliphatic heterocycles. The maximum atomic E-state index is 9.39. The fourth-order valence-corrected chi connectivity index (χ4v) is 2.34. The lowest BCUT2D eigenvalue weighted by Gasteiger charge is -2.36. The van der Waals surface area contributed by atoms with E-state index in [9.17, 15) is 5.11 Å². The summed E-state index contributed by atoms with van der Waals surface area (Å²) in [6, 6.07) is 1.10. The first-order chi connectivity index (χ1) is 5.77. The van der Waals surface area contributed by atoms with Crippen LogP contribution in [0.3, 0.4) is 0 Å². The Kier molecular flexibility index (Phi) is 2.37. The molecule has 0 aromatic carbocycles. The molecule has 12 heavy (non-hydrogen) atoms. The standard InChI is InChI=1S/C10H19NO/c1-7-3-2-4-8(7)11-9-5-6-10(9)12/h7-12H,2-6H2,1H3/t7?,8?,9-,10-/m1/s1. The van der Waals surface area contributed by atoms with Gasteiger partial charge in [-0.3, -0.25) is 0 Å². The Labute approximate surface area is 74.4 Å². The minimum Gasteiger partial charge on any atom is -0.392 e. The maximum absolute atomic E-state index is 9.39. The van der Waals surface area contributed by atoms with Gasteiger partial charge in [-0.15, -0.1) is 0 Å². The Bertz CT molecular complexity index is 160. The summed E-state index contributed by atoms with van der Waals surface area (Å²) in [5.74, 6) is 0.817. The predicted molar refractivity (Wildman–Crippen MR) is 49.0 cm³/mol. The van der Waals surface area contributed by atoms with Crippen LogP contribution in [0.25, 0.3) is 0 Å². The van der Waals surface area contributed by atoms with Gasteiger partial charge in [0.25, 0.3) is 0 Å². The summed E-state index contributed by atoms with van der Waals surface area (Å²) in [7, 11) is 0. The zero-order valence-electron chi connectivity index (χ0n) is 7.79. The van der Waals surface area contributed by atoms with Crippen molar-refractivity contribution < 1.29 is 5.11 Å². The summed E-state index contributed by atoms with van der Waals surface area (Å²) in [6.07, 6.45) is 6.15. The highest BCUT2D eigenvalue weighted by molar-refractivity contribution is 4.91. The molecule has 0 heterocycles. The molecule has 0 spiro atoms. The van der Waals surface area contributed by atoms with E-state index in [1.54, 1.807) is 0 Å². The Hall–Kier alpha value is -0.0800. The zero-order valence-corrected chi connectivity index (χ0v) is 7.79. The van der Waals surface area contributed by atoms with Crippen molar-refractivity contribution in [1.29, 1.82) is 0 Å². The summed E-state index contributed by atoms with van der Waals surface area (Å²) in [4.78, 5) is 0. The molecule has 2 aliphatic rings. The van der Waals surface area contributed by atoms with Crippen molar-refractivity contribution in [3.63, 3.8) is 0 Å². The topological polar surface area (TPSA) is 32.3 Å². The first-order valence-corrected chi connectivity index (χ1v) is 5.21. The number of aliphatic hydroxyl groups is 1. The molecule has 2 aliphatic carbocycles. The molecule has 2 rings (SSSR count). The summed E-state index contributed by atoms with van der Waals surface area (Å²) in [5, 5.41) is 13.0. The molecule has 0 bridgehead atoms. The van der Waals surface area contributed by atoms with E-state index >= 15 is 0 Å². The lowest BCUT2D eigenvalue weighted by atomic mass is 9.88. The normalized spacial score (nSPS) is 47.5. The Morgan fingerprint density at radius 3 is 2.33 bits per heavy atom. The first kappa shape index (κ1) is 8.52. The molecule has 2 saturated carbocycles. The number of nitrogens with one attached hydrogen (secondary N) is 1. The third kappa shape index (κ3) is 1.50. The highest BCUT2D eigenvalue weighted by Crippen LogP contribution is 2.28. The summed E-state index contributed by atoms with van der Waals surface area (Å²) < 4.78 is 0. The third-order valence-electron chi connectivity index (χ3n) is 3.53. The molecular formula is C10H19NO. The van der Waals surface area contributed by atoms with Gasteiger partial charge in [0.2, 0.25) is 0 Å². The molecule has 2 fully saturated rings. The van der Waals surface area contributed by atoms with Gasteiger partial charge >= 0.3 is 0 Å². The first-order valence-electron chi connectivity index (χ1n) is 5.21. The molecule has 2 heteroatoms. The van der Waals surface area contributed by atoms with Crippen LogP contribution in [0, 0.1) is 5.92 Å². The van der Waals surface area contributed by atoms with E-state index in [2.05, 4.69) is 12.2 Å². The van der Waals surface area contributed by atoms with Gasteiger partial charge in [0.15, 0.2) is 0 Å². The molecule has 70 valence electrons. The molecular weight excluding hydrogens is 150 g/mol. The maximum Gasteiger partial charge on any atom is 0.0693 e. The largest absolute Gasteiger partial charge is 0.392 e. The monoisotopic (exact) mass is 169 g/mol. The van der Waals surface area contributed by atoms with Crippen LogP contribution in [0.5, 0.6) is 0 Å². The van der Waals surface area contributed by atoms with Gasteiger partial charge in [-0.1, -0.05) is 13.3 Å². The fraction of sp³-hybridized carbons (Fsp3) is 1.00. The van der Waals surface area contributed by atoms with E-state index in [1.807, 2.05) is 0 Å². The van der Waals surface area contributed by atoms with E-state index in [4.69, 9.17) is 0 Å². The van der Waals surface area contributed by atoms with Gasteiger partial charge in [-0.25, -0.2) is 0 Å². The van der Waals surface area contributed by atoms with Gasteiger partial charge in [0.1, 0.15) is 0 Å². The molecule has 0 aromatic heterocycles. The molecule has 2 unspecified atom stereocenters. The van der Waals surface area contributed by atoms with Crippen molar-refractivity contribution >= 4 is 0 Å². The molecule has 4 atom stereocenters. The highest BCUT2D eigenvalue weighted by Gasteiger charge is 2.33. The second-order valence-corrected chi connectivity index (χ2v) is 4.43. The van der Waals surface area contributed by atoms with E-state index in [0.29, 0.717) is 12.1 Å². The SMILES string of the molecule is CC1CCCC1N[C@@H]1CC[C@H]1O. The molecule has 2 nitrogen and oxygen atoms in total. The molecule has 0 aromatic rings. The van der Waals surface area contributed by atoms with E-state index in [0.717, 1.165) is 12.3 Å². The van der Waals surface area contributed by atoms with Crippen LogP contribution < -0.4 is 5.32 Å². The third-order valence-corrected chi connectivity index (χ3v) is 3.53. The van der Waals surface area contributed by atoms with Gasteiger partial charge in [0.05, 0.1) is 6.10 Å². The van der Waals surface area contributed by atoms with Crippen LogP contribution in [0.1, 0.15) is 39.0 Å². The lowest BCUT2D eigenvalue weighted by Crippen LogP contribution is -2.52. The van der Waals surface area contributed by atoms with Crippen molar-refractivity contribution in [2.75, 3.05) is 0 Å². The van der Waals surface area contributed by atoms with E-state index in [-0.39, 0.29) is 6.10 Å². The number of hydrogen-bond donors (Lipinski definition) is 2. The average Bonchev–Trinajstić information content (AvgIpc) is 2.44. The zero-order chi connectivity index (χ0) is 8.55. The van der Waals surface area contributed by atoms with Gasteiger partial charge in [0, 0.05) is 12.1 Å². The predicted octanol–water partition coefficient (Wildman–Crippen LogP) is 1.29. The number of aliphatic hydroxyl groups excluding tert-OH is 1. The minimum atomic E-state index is -0.0576. The highest BCUT2D eigenvalue weighted by atomic mass is 16.3. The number of rotatable bonds is 2. The molecule has 0 saturated heterocycles. The average molecular weight is 169 g/mol. The Morgan fingerprint density at radius 2 is 1.92 bits per heavy atom. The second kappa shape index (κ2) is 3.35. The molecule has 0 amide bonds. The van der Waals surface area contributed by atoms with Crippen molar-refractivity contribution in [2.45, 2.75) is 57.2 Å². The Morgan fingerprint density at radius 1 is 1.08 bits per heavy atom. The quantitative estimate of drug-likeness (QED) is 0.653. The van der Waals surface area contributed by atoms with Crippen molar-refractivity contribution in [2.24, 2.45) is 5.92 Å². The van der Waals surface area contributed by atoms with E-state index < -0.39 is 0 Å². The van der Waals surface area contributed by atoms with Crippen LogP contribution in [0.2, 0.25) is 0 Å². The summed E-state index contributed by atoms with van der Waals surface area (Å²) in [6.45, 7) is 2.32. The molecule has 2 N–H and O–H groups in total. The van der Waals surface area contributed by atoms with Gasteiger partial charge in [-0.2, -0.15) is 0 Å². The van der Waals surface area contributed by atoms with Gasteiger partial charge < -0.3 is 10.4 Å². The van der Waals surface area contributed by atoms with Crippen LogP contribution >= 0.6 is 0 Å². The lowest BCUT2D eigenvalue weighted by molar-refractivity contribution is 0.0417. The second-order valence-electron chi connectivity index (χ2n) is 4.43. The smallest absolute Gasteiger partial charge is 0.0693 e. The summed E-state index contributed by atoms with van der Waals surface area (Å²) >= 11 is 0. The van der Waals surface area contributed by atoms with Crippen molar-refractivity contribution in [3.05, 3.63) is 0 Å². The number of hydrogen-bond acceptors (Lipinski definition) is 2. The fourth-order valence-electron chi connectivity index (χ4n) is 2.34. The Balaban J connectivity index is 1.78. The van der Waals surface area contributed by atoms with Crippen LogP contribution in [-0.4, -0.2) is 23.3 Å². The van der Waals surface area contributed by atoms with Gasteiger partial charge in [-0.05, 0) is 31.6 Å². The summed E-state index contributed by atoms with van der Waals surface area (Å²) in [5.41, 5.74) is 0. The minimum absolute atomic E-state index is 0.0576. The van der Waals surface area contributed by atoms with Crippen molar-refractivity contribution in [3.8, 4) is 0 Å². The van der Waals surface area contributed by atoms with Crippen LogP contribution in [0.4, 0.5) is 0 Å².